The highest BCUT2D eigenvalue weighted by atomic mass is 28.5. The maximum Gasteiger partial charge on any atom is 0.469 e. The van der Waals surface area contributed by atoms with Crippen molar-refractivity contribution in [2.75, 3.05) is 99.1 Å². The molecule has 0 aliphatic heterocycles. The molecule has 0 bridgehead atoms. The Kier molecular flexibility index (Phi) is 68.3. The molecule has 0 fully saturated rings. The second kappa shape index (κ2) is 62.6. The molecule has 30 nitrogen and oxygen atoms in total. The number of aliphatic hydroxyl groups is 10. The lowest BCUT2D eigenvalue weighted by atomic mass is 10.4. The van der Waals surface area contributed by atoms with Crippen molar-refractivity contribution in [1.29, 1.82) is 0 Å². The van der Waals surface area contributed by atoms with Gasteiger partial charge in [-0.2, -0.15) is 0 Å². The molecular weight excluding hydrogens is 1980 g/mol. The second-order valence-corrected chi connectivity index (χ2v) is 129. The highest BCUT2D eigenvalue weighted by Gasteiger charge is 2.52. The summed E-state index contributed by atoms with van der Waals surface area (Å²) < 4.78 is 125. The first-order valence-corrected chi connectivity index (χ1v) is 107. The van der Waals surface area contributed by atoms with Crippen LogP contribution in [-0.4, -0.2) is 349 Å². The Balaban J connectivity index is -0.000000494. The van der Waals surface area contributed by atoms with Crippen LogP contribution in [0.1, 0.15) is 51.9 Å². The summed E-state index contributed by atoms with van der Waals surface area (Å²) in [6, 6.07) is 5.40. The van der Waals surface area contributed by atoms with E-state index in [-0.39, 0.29) is 66.1 Å². The lowest BCUT2D eigenvalue weighted by Crippen LogP contribution is -2.60. The molecule has 0 aromatic rings. The van der Waals surface area contributed by atoms with Crippen molar-refractivity contribution in [3.8, 4) is 0 Å². The fourth-order valence-electron chi connectivity index (χ4n) is 14.2. The van der Waals surface area contributed by atoms with Gasteiger partial charge >= 0.3 is 77.3 Å². The van der Waals surface area contributed by atoms with Crippen LogP contribution in [0, 0.1) is 0 Å². The molecule has 0 amide bonds. The van der Waals surface area contributed by atoms with Crippen LogP contribution in [0.2, 0.25) is 324 Å². The molecule has 0 rings (SSSR count). The largest absolute Gasteiger partial charge is 0.469 e. The van der Waals surface area contributed by atoms with Gasteiger partial charge in [0, 0.05) is 39.1 Å². The van der Waals surface area contributed by atoms with Crippen molar-refractivity contribution in [2.45, 2.75) is 407 Å². The van der Waals surface area contributed by atoms with E-state index in [4.69, 9.17) is 111 Å². The van der Waals surface area contributed by atoms with E-state index in [0.717, 1.165) is 62.3 Å². The molecule has 7 unspecified atom stereocenters. The van der Waals surface area contributed by atoms with Crippen LogP contribution in [0.25, 0.3) is 0 Å². The lowest BCUT2D eigenvalue weighted by molar-refractivity contribution is 0.00599. The minimum absolute atomic E-state index is 0.141. The summed E-state index contributed by atoms with van der Waals surface area (Å²) in [5.74, 6) is 0. The maximum atomic E-state index is 9.39. The molecule has 0 heterocycles. The summed E-state index contributed by atoms with van der Waals surface area (Å²) in [5.41, 5.74) is 0. The molecule has 7 atom stereocenters. The summed E-state index contributed by atoms with van der Waals surface area (Å²) in [4.78, 5) is 0. The van der Waals surface area contributed by atoms with Gasteiger partial charge in [-0.05, 0) is 350 Å². The number of hydrogen-bond acceptors (Lipinski definition) is 30. The van der Waals surface area contributed by atoms with E-state index in [1.165, 1.54) is 18.9 Å². The van der Waals surface area contributed by atoms with E-state index >= 15 is 0 Å². The van der Waals surface area contributed by atoms with Crippen molar-refractivity contribution >= 4 is 169 Å². The SMILES string of the molecule is CCCC[Si](C)(C)O[Si](C)(C)O[Si](C)(C)O[Si](C)(C)CCCOCC(O)CO.C[Si](C)(C)O[Si](C)(C)O[Si](C)(C)O[Si](C)(CCCOCC(O)CO)O[Si](C)(C)C.C[Si](C)(C)O[Si](C)(C)O[Si](C)(CCCOCC(O)CO)O[Si](C)(C)C.C[Si](C)(C)O[Si](C)(CCCOCC(O)CO)O[Si](C)(C)C.C[Si](C)(C)O[Si](CCCOCC(O)CO)(O[Si](C)(C)C)O[Si](C)(C)C. The molecule has 128 heavy (non-hydrogen) atoms. The zero-order chi connectivity index (χ0) is 102. The predicted molar refractivity (Wildman–Crippen MR) is 576 cm³/mol. The zero-order valence-corrected chi connectivity index (χ0v) is 110. The summed E-state index contributed by atoms with van der Waals surface area (Å²) in [6.07, 6.45) is 2.47. The van der Waals surface area contributed by atoms with E-state index in [0.29, 0.717) is 33.0 Å². The molecule has 0 radical (unpaired) electrons. The van der Waals surface area contributed by atoms with Gasteiger partial charge in [-0.1, -0.05) is 19.8 Å². The Bertz CT molecular complexity index is 2750. The standard InChI is InChI=1S/C18H46O6Si4.C17H46O7Si5.2C15H40O6Si4.C13H34O5Si3/c1-10-11-14-25(2,3)22-27(6,7)24-28(8,9)23-26(4,5)15-12-13-21-17-18(20)16-19;1-25(2,3)21-27(7,8)23-28(9,10)24-29(11,22-26(4,5)6)14-12-13-20-16-17(19)15-18;1-22(2,3)19-24(7,8)21-25(9,20-23(4,5)6)12-10-11-18-14-15(17)13-16;1-22(2,3)19-25(20-23(4,5)6,21-24(7,8)9)12-10-11-18-14-15(17)13-16;1-19(2,3)17-21(7,18-20(4,5)6)10-8-9-16-12-13(15)11-14/h18-20H,10-17H2,1-9H3;17-19H,12-16H2,1-11H3;2*15-17H,10-14H2,1-9H3;13-15H,8-12H2,1-7H3. The van der Waals surface area contributed by atoms with Crippen LogP contribution in [0.5, 0.6) is 0 Å². The summed E-state index contributed by atoms with van der Waals surface area (Å²) >= 11 is 0. The van der Waals surface area contributed by atoms with Crippen molar-refractivity contribution in [3.63, 3.8) is 0 Å². The summed E-state index contributed by atoms with van der Waals surface area (Å²) in [5, 5.41) is 90.6. The predicted octanol–water partition coefficient (Wildman–Crippen LogP) is 17.4. The molecule has 0 aromatic heterocycles. The first-order chi connectivity index (χ1) is 56.9. The average molecular weight is 2190 g/mol. The normalized spacial score (nSPS) is 16.1. The molecular formula is C78H206O30Si20. The molecule has 778 valence electrons. The van der Waals surface area contributed by atoms with Gasteiger partial charge < -0.3 is 136 Å². The molecule has 0 saturated heterocycles. The Hall–Kier alpha value is 3.14. The van der Waals surface area contributed by atoms with Crippen molar-refractivity contribution in [3.05, 3.63) is 0 Å². The Morgan fingerprint density at radius 3 is 0.562 bits per heavy atom. The van der Waals surface area contributed by atoms with Gasteiger partial charge in [-0.15, -0.1) is 0 Å². The third-order valence-electron chi connectivity index (χ3n) is 15.9. The molecule has 50 heteroatoms. The fourth-order valence-corrected chi connectivity index (χ4v) is 102. The summed E-state index contributed by atoms with van der Waals surface area (Å²) in [6.45, 7) is 99.8. The molecule has 0 spiro atoms. The van der Waals surface area contributed by atoms with Gasteiger partial charge in [0.2, 0.25) is 0 Å². The van der Waals surface area contributed by atoms with Crippen molar-refractivity contribution in [1.82, 2.24) is 0 Å². The third-order valence-corrected chi connectivity index (χ3v) is 84.0. The van der Waals surface area contributed by atoms with Crippen molar-refractivity contribution < 1.29 is 136 Å². The molecule has 0 aromatic carbocycles. The first-order valence-electron chi connectivity index (χ1n) is 46.8. The van der Waals surface area contributed by atoms with Crippen molar-refractivity contribution in [2.24, 2.45) is 0 Å². The van der Waals surface area contributed by atoms with E-state index in [9.17, 15) is 25.5 Å². The highest BCUT2D eigenvalue weighted by molar-refractivity contribution is 6.94. The Morgan fingerprint density at radius 1 is 0.188 bits per heavy atom. The molecule has 0 aliphatic carbocycles. The number of aliphatic hydroxyl groups excluding tert-OH is 10. The van der Waals surface area contributed by atoms with Gasteiger partial charge in [-0.3, -0.25) is 0 Å². The third kappa shape index (κ3) is 90.4. The lowest BCUT2D eigenvalue weighted by Gasteiger charge is -2.43. The second-order valence-electron chi connectivity index (χ2n) is 46.3. The van der Waals surface area contributed by atoms with Crippen LogP contribution in [-0.2, 0) is 85.4 Å². The first kappa shape index (κ1) is 140. The Morgan fingerprint density at radius 2 is 0.359 bits per heavy atom. The van der Waals surface area contributed by atoms with Gasteiger partial charge in [0.05, 0.1) is 66.1 Å². The molecule has 0 saturated carbocycles. The van der Waals surface area contributed by atoms with Crippen LogP contribution < -0.4 is 0 Å². The van der Waals surface area contributed by atoms with Gasteiger partial charge in [0.1, 0.15) is 30.5 Å². The number of unbranched alkanes of at least 4 members (excludes halogenated alkanes) is 1. The maximum absolute atomic E-state index is 9.39. The highest BCUT2D eigenvalue weighted by Crippen LogP contribution is 2.35. The summed E-state index contributed by atoms with van der Waals surface area (Å²) in [7, 11) is -40.7. The number of ether oxygens (including phenoxy) is 5. The number of hydrogen-bond donors (Lipinski definition) is 10. The fraction of sp³-hybridized carbons (Fsp3) is 1.00. The van der Waals surface area contributed by atoms with E-state index in [2.05, 4.69) is 295 Å². The minimum Gasteiger partial charge on any atom is -0.437 e. The zero-order valence-electron chi connectivity index (χ0n) is 90.3. The minimum atomic E-state index is -2.79. The smallest absolute Gasteiger partial charge is 0.437 e. The van der Waals surface area contributed by atoms with E-state index in [1.54, 1.807) is 0 Å². The van der Waals surface area contributed by atoms with E-state index in [1.807, 2.05) is 0 Å². The quantitative estimate of drug-likeness (QED) is 0.0200. The van der Waals surface area contributed by atoms with Crippen LogP contribution >= 0.6 is 0 Å². The van der Waals surface area contributed by atoms with E-state index < -0.39 is 199 Å². The van der Waals surface area contributed by atoms with Gasteiger partial charge in [-0.25, -0.2) is 0 Å². The monoisotopic (exact) mass is 2180 g/mol. The molecule has 10 N–H and O–H groups in total. The topological polar surface area (TPSA) is 387 Å². The molecule has 0 aliphatic rings. The van der Waals surface area contributed by atoms with Gasteiger partial charge in [0.25, 0.3) is 0 Å². The number of rotatable bonds is 68. The van der Waals surface area contributed by atoms with Crippen LogP contribution in [0.15, 0.2) is 0 Å². The average Bonchev–Trinajstić information content (AvgIpc) is 0.796. The Labute approximate surface area is 804 Å². The van der Waals surface area contributed by atoms with Crippen LogP contribution in [0.3, 0.4) is 0 Å². The van der Waals surface area contributed by atoms with Crippen LogP contribution in [0.4, 0.5) is 0 Å². The van der Waals surface area contributed by atoms with Gasteiger partial charge in [0.15, 0.2) is 91.5 Å².